The van der Waals surface area contributed by atoms with Crippen LogP contribution >= 0.6 is 0 Å². The average Bonchev–Trinajstić information content (AvgIpc) is 2.34. The second-order valence-electron chi connectivity index (χ2n) is 6.28. The molecule has 5 nitrogen and oxygen atoms in total. The molecule has 19 heavy (non-hydrogen) atoms. The average molecular weight is 292 g/mol. The third-order valence-electron chi connectivity index (χ3n) is 3.43. The van der Waals surface area contributed by atoms with Gasteiger partial charge in [-0.05, 0) is 46.1 Å². The highest BCUT2D eigenvalue weighted by Gasteiger charge is 2.28. The molecule has 1 saturated heterocycles. The first-order valence-corrected chi connectivity index (χ1v) is 8.57. The second kappa shape index (κ2) is 7.02. The van der Waals surface area contributed by atoms with Gasteiger partial charge in [-0.3, -0.25) is 0 Å². The Morgan fingerprint density at radius 3 is 2.32 bits per heavy atom. The van der Waals surface area contributed by atoms with Crippen LogP contribution in [0.25, 0.3) is 0 Å². The molecule has 0 aromatic carbocycles. The van der Waals surface area contributed by atoms with Crippen molar-refractivity contribution < 1.29 is 13.2 Å². The van der Waals surface area contributed by atoms with Crippen molar-refractivity contribution in [3.05, 3.63) is 0 Å². The van der Waals surface area contributed by atoms with E-state index >= 15 is 0 Å². The summed E-state index contributed by atoms with van der Waals surface area (Å²) in [4.78, 5) is 0. The molecule has 0 aliphatic carbocycles. The summed E-state index contributed by atoms with van der Waals surface area (Å²) in [6.07, 6.45) is 1.88. The lowest BCUT2D eigenvalue weighted by Crippen LogP contribution is -2.45. The molecule has 0 amide bonds. The van der Waals surface area contributed by atoms with Crippen molar-refractivity contribution in [3.63, 3.8) is 0 Å². The van der Waals surface area contributed by atoms with Crippen LogP contribution in [0.15, 0.2) is 0 Å². The van der Waals surface area contributed by atoms with Gasteiger partial charge in [0.05, 0.1) is 12.4 Å². The zero-order chi connectivity index (χ0) is 14.5. The zero-order valence-corrected chi connectivity index (χ0v) is 13.4. The van der Waals surface area contributed by atoms with Crippen LogP contribution in [-0.2, 0) is 14.8 Å². The van der Waals surface area contributed by atoms with Crippen molar-refractivity contribution in [2.75, 3.05) is 39.1 Å². The van der Waals surface area contributed by atoms with Crippen molar-refractivity contribution in [1.82, 2.24) is 9.62 Å². The fraction of sp³-hybridized carbons (Fsp3) is 1.00. The van der Waals surface area contributed by atoms with Gasteiger partial charge in [-0.15, -0.1) is 0 Å². The first kappa shape index (κ1) is 16.9. The molecule has 6 heteroatoms. The van der Waals surface area contributed by atoms with E-state index in [2.05, 4.69) is 26.1 Å². The molecular weight excluding hydrogens is 264 g/mol. The van der Waals surface area contributed by atoms with Crippen molar-refractivity contribution in [3.8, 4) is 0 Å². The highest BCUT2D eigenvalue weighted by atomic mass is 32.2. The van der Waals surface area contributed by atoms with Crippen LogP contribution in [0.1, 0.15) is 33.6 Å². The number of rotatable bonds is 6. The Kier molecular flexibility index (Phi) is 6.23. The van der Waals surface area contributed by atoms with E-state index in [4.69, 9.17) is 4.74 Å². The van der Waals surface area contributed by atoms with Crippen LogP contribution in [-0.4, -0.2) is 57.4 Å². The topological polar surface area (TPSA) is 58.6 Å². The van der Waals surface area contributed by atoms with Gasteiger partial charge in [-0.2, -0.15) is 0 Å². The molecule has 0 aromatic rings. The van der Waals surface area contributed by atoms with Crippen LogP contribution in [0.4, 0.5) is 0 Å². The van der Waals surface area contributed by atoms with Gasteiger partial charge in [0.1, 0.15) is 0 Å². The van der Waals surface area contributed by atoms with Crippen LogP contribution in [0.3, 0.4) is 0 Å². The Hall–Kier alpha value is -0.170. The predicted molar refractivity (Wildman–Crippen MR) is 77.7 cm³/mol. The van der Waals surface area contributed by atoms with Crippen LogP contribution in [0.5, 0.6) is 0 Å². The fourth-order valence-corrected chi connectivity index (χ4v) is 3.56. The first-order valence-electron chi connectivity index (χ1n) is 6.96. The van der Waals surface area contributed by atoms with Gasteiger partial charge in [-0.1, -0.05) is 0 Å². The molecule has 1 aliphatic rings. The maximum absolute atomic E-state index is 12.0. The summed E-state index contributed by atoms with van der Waals surface area (Å²) >= 11 is 0. The Labute approximate surface area is 117 Å². The minimum atomic E-state index is -3.12. The SMILES string of the molecule is COCCS(=O)(=O)N1CCC(CNC(C)(C)C)CC1. The number of sulfonamides is 1. The zero-order valence-electron chi connectivity index (χ0n) is 12.6. The van der Waals surface area contributed by atoms with Gasteiger partial charge < -0.3 is 10.1 Å². The molecule has 1 N–H and O–H groups in total. The van der Waals surface area contributed by atoms with Crippen LogP contribution in [0.2, 0.25) is 0 Å². The van der Waals surface area contributed by atoms with E-state index in [0.717, 1.165) is 19.4 Å². The number of nitrogens with zero attached hydrogens (tertiary/aromatic N) is 1. The molecule has 1 aliphatic heterocycles. The molecular formula is C13H28N2O3S. The maximum atomic E-state index is 12.0. The van der Waals surface area contributed by atoms with Gasteiger partial charge in [-0.25, -0.2) is 12.7 Å². The van der Waals surface area contributed by atoms with Gasteiger partial charge >= 0.3 is 0 Å². The lowest BCUT2D eigenvalue weighted by Gasteiger charge is -2.33. The minimum absolute atomic E-state index is 0.0917. The summed E-state index contributed by atoms with van der Waals surface area (Å²) < 4.78 is 30.5. The molecule has 0 aromatic heterocycles. The molecule has 0 radical (unpaired) electrons. The summed E-state index contributed by atoms with van der Waals surface area (Å²) in [7, 11) is -1.60. The molecule has 0 saturated carbocycles. The number of hydrogen-bond donors (Lipinski definition) is 1. The number of nitrogens with one attached hydrogen (secondary N) is 1. The van der Waals surface area contributed by atoms with Gasteiger partial charge in [0.25, 0.3) is 0 Å². The summed E-state index contributed by atoms with van der Waals surface area (Å²) in [5.74, 6) is 0.669. The number of hydrogen-bond acceptors (Lipinski definition) is 4. The van der Waals surface area contributed by atoms with Crippen molar-refractivity contribution in [2.45, 2.75) is 39.2 Å². The van der Waals surface area contributed by atoms with Crippen LogP contribution < -0.4 is 5.32 Å². The highest BCUT2D eigenvalue weighted by Crippen LogP contribution is 2.20. The third kappa shape index (κ3) is 6.21. The van der Waals surface area contributed by atoms with Crippen molar-refractivity contribution in [1.29, 1.82) is 0 Å². The summed E-state index contributed by atoms with van der Waals surface area (Å²) in [6.45, 7) is 8.97. The lowest BCUT2D eigenvalue weighted by molar-refractivity contribution is 0.212. The molecule has 1 heterocycles. The largest absolute Gasteiger partial charge is 0.384 e. The highest BCUT2D eigenvalue weighted by molar-refractivity contribution is 7.89. The van der Waals surface area contributed by atoms with E-state index in [9.17, 15) is 8.42 Å². The lowest BCUT2D eigenvalue weighted by atomic mass is 9.97. The van der Waals surface area contributed by atoms with E-state index in [-0.39, 0.29) is 17.9 Å². The fourth-order valence-electron chi connectivity index (χ4n) is 2.16. The Morgan fingerprint density at radius 1 is 1.26 bits per heavy atom. The minimum Gasteiger partial charge on any atom is -0.384 e. The maximum Gasteiger partial charge on any atom is 0.216 e. The molecule has 1 fully saturated rings. The Bertz CT molecular complexity index is 355. The molecule has 0 atom stereocenters. The second-order valence-corrected chi connectivity index (χ2v) is 8.37. The monoisotopic (exact) mass is 292 g/mol. The molecule has 0 spiro atoms. The normalized spacial score (nSPS) is 19.8. The van der Waals surface area contributed by atoms with E-state index in [0.29, 0.717) is 19.0 Å². The van der Waals surface area contributed by atoms with Crippen molar-refractivity contribution >= 4 is 10.0 Å². The summed E-state index contributed by atoms with van der Waals surface area (Å²) in [6, 6.07) is 0. The van der Waals surface area contributed by atoms with E-state index in [1.807, 2.05) is 0 Å². The third-order valence-corrected chi connectivity index (χ3v) is 5.27. The standard InChI is InChI=1S/C13H28N2O3S/c1-13(2,3)14-11-12-5-7-15(8-6-12)19(16,17)10-9-18-4/h12,14H,5-11H2,1-4H3. The van der Waals surface area contributed by atoms with Gasteiger partial charge in [0.2, 0.25) is 10.0 Å². The van der Waals surface area contributed by atoms with E-state index in [1.54, 1.807) is 4.31 Å². The van der Waals surface area contributed by atoms with Gasteiger partial charge in [0, 0.05) is 25.7 Å². The van der Waals surface area contributed by atoms with E-state index < -0.39 is 10.0 Å². The Morgan fingerprint density at radius 2 is 1.84 bits per heavy atom. The van der Waals surface area contributed by atoms with Crippen molar-refractivity contribution in [2.24, 2.45) is 5.92 Å². The number of ether oxygens (including phenoxy) is 1. The molecule has 0 bridgehead atoms. The summed E-state index contributed by atoms with van der Waals surface area (Å²) in [5, 5.41) is 3.49. The first-order chi connectivity index (χ1) is 8.74. The number of methoxy groups -OCH3 is 1. The Balaban J connectivity index is 2.36. The van der Waals surface area contributed by atoms with Crippen LogP contribution in [0, 0.1) is 5.92 Å². The predicted octanol–water partition coefficient (Wildman–Crippen LogP) is 1.06. The smallest absolute Gasteiger partial charge is 0.216 e. The van der Waals surface area contributed by atoms with E-state index in [1.165, 1.54) is 7.11 Å². The molecule has 1 rings (SSSR count). The summed E-state index contributed by atoms with van der Waals surface area (Å²) in [5.41, 5.74) is 0.127. The molecule has 114 valence electrons. The molecule has 0 unspecified atom stereocenters. The van der Waals surface area contributed by atoms with Gasteiger partial charge in [0.15, 0.2) is 0 Å². The quantitative estimate of drug-likeness (QED) is 0.795. The number of piperidine rings is 1.